The summed E-state index contributed by atoms with van der Waals surface area (Å²) >= 11 is 0. The fourth-order valence-corrected chi connectivity index (χ4v) is 5.25. The van der Waals surface area contributed by atoms with Crippen molar-refractivity contribution in [1.82, 2.24) is 0 Å². The van der Waals surface area contributed by atoms with E-state index in [0.717, 1.165) is 0 Å². The van der Waals surface area contributed by atoms with Crippen LogP contribution in [-0.4, -0.2) is 0 Å². The van der Waals surface area contributed by atoms with Gasteiger partial charge in [-0.15, -0.1) is 0 Å². The SMILES string of the molecule is [2H]c1c([2H])c([2H])c(-c2c3c([2H])c([2H])c([2H])c([2H])c3c(-c3c([2H])c([2H])c([2H])c4oc5c(-c6c([2H])c([2H])c7c([2H])c([2H])c([2H])c([2H])c7c6[2H])c([2H])c([2H])c([2H])c5c34)c3c([2H])c([2H])c([2H])c([2H])c23)c([2H])c1[2H]. The average molecular weight is 573 g/mol. The molecular formula is C42H26O. The summed E-state index contributed by atoms with van der Waals surface area (Å²) < 4.78 is 238. The van der Waals surface area contributed by atoms with E-state index in [1.807, 2.05) is 0 Å². The lowest BCUT2D eigenvalue weighted by atomic mass is 9.85. The highest BCUT2D eigenvalue weighted by molar-refractivity contribution is 6.26. The molecule has 0 aliphatic carbocycles. The maximum atomic E-state index is 9.51. The number of furan rings is 1. The van der Waals surface area contributed by atoms with Gasteiger partial charge in [0.05, 0.1) is 35.6 Å². The van der Waals surface area contributed by atoms with Gasteiger partial charge >= 0.3 is 0 Å². The van der Waals surface area contributed by atoms with Gasteiger partial charge in [-0.3, -0.25) is 0 Å². The Kier molecular flexibility index (Phi) is 2.13. The summed E-state index contributed by atoms with van der Waals surface area (Å²) in [6.45, 7) is 0. The summed E-state index contributed by atoms with van der Waals surface area (Å²) in [5.74, 6) is 0. The predicted octanol–water partition coefficient (Wildman–Crippen LogP) is 12.0. The van der Waals surface area contributed by atoms with E-state index in [-0.39, 0.29) is 0 Å². The molecule has 0 fully saturated rings. The molecule has 9 aromatic rings. The van der Waals surface area contributed by atoms with Crippen LogP contribution in [0.4, 0.5) is 0 Å². The molecule has 1 heteroatoms. The number of para-hydroxylation sites is 1. The predicted molar refractivity (Wildman–Crippen MR) is 183 cm³/mol. The highest BCUT2D eigenvalue weighted by atomic mass is 16.3. The lowest BCUT2D eigenvalue weighted by Gasteiger charge is -2.18. The molecule has 200 valence electrons. The molecule has 0 atom stereocenters. The van der Waals surface area contributed by atoms with E-state index in [2.05, 4.69) is 0 Å². The third-order valence-electron chi connectivity index (χ3n) is 7.00. The van der Waals surface area contributed by atoms with E-state index in [1.165, 1.54) is 0 Å². The second kappa shape index (κ2) is 9.44. The third kappa shape index (κ3) is 3.65. The lowest BCUT2D eigenvalue weighted by molar-refractivity contribution is 0.670. The number of hydrogen-bond acceptors (Lipinski definition) is 1. The quantitative estimate of drug-likeness (QED) is 0.192. The van der Waals surface area contributed by atoms with Gasteiger partial charge in [-0.25, -0.2) is 0 Å². The first-order valence-electron chi connectivity index (χ1n) is 25.7. The van der Waals surface area contributed by atoms with Crippen molar-refractivity contribution in [2.75, 3.05) is 0 Å². The molecule has 0 N–H and O–H groups in total. The molecule has 0 amide bonds. The first-order valence-corrected chi connectivity index (χ1v) is 12.7. The minimum Gasteiger partial charge on any atom is -0.455 e. The van der Waals surface area contributed by atoms with E-state index in [9.17, 15) is 9.60 Å². The molecule has 0 radical (unpaired) electrons. The average Bonchev–Trinajstić information content (AvgIpc) is 3.71. The Hall–Kier alpha value is -5.66. The fraction of sp³-hybridized carbons (Fsp3) is 0. The molecule has 0 saturated heterocycles. The highest BCUT2D eigenvalue weighted by Gasteiger charge is 2.21. The zero-order valence-corrected chi connectivity index (χ0v) is 21.4. The van der Waals surface area contributed by atoms with Crippen LogP contribution >= 0.6 is 0 Å². The Bertz CT molecular complexity index is 3860. The summed E-state index contributed by atoms with van der Waals surface area (Å²) in [4.78, 5) is 0. The van der Waals surface area contributed by atoms with Gasteiger partial charge in [-0.2, -0.15) is 0 Å². The molecule has 0 bridgehead atoms. The molecule has 9 rings (SSSR count). The van der Waals surface area contributed by atoms with Crippen LogP contribution in [0.2, 0.25) is 0 Å². The van der Waals surface area contributed by atoms with Crippen molar-refractivity contribution in [1.29, 1.82) is 0 Å². The Labute approximate surface area is 285 Å². The van der Waals surface area contributed by atoms with Crippen molar-refractivity contribution in [2.24, 2.45) is 0 Å². The molecule has 1 heterocycles. The van der Waals surface area contributed by atoms with Gasteiger partial charge in [0, 0.05) is 16.3 Å². The monoisotopic (exact) mass is 572 g/mol. The fourth-order valence-electron chi connectivity index (χ4n) is 5.25. The highest BCUT2D eigenvalue weighted by Crippen LogP contribution is 2.47. The zero-order chi connectivity index (χ0) is 51.0. The van der Waals surface area contributed by atoms with Gasteiger partial charge in [-0.1, -0.05) is 145 Å². The normalized spacial score (nSPS) is 20.2. The van der Waals surface area contributed by atoms with Crippen molar-refractivity contribution >= 4 is 54.3 Å². The second-order valence-electron chi connectivity index (χ2n) is 9.26. The van der Waals surface area contributed by atoms with Crippen molar-refractivity contribution in [3.05, 3.63) is 157 Å². The molecule has 0 aliphatic rings. The summed E-state index contributed by atoms with van der Waals surface area (Å²) in [7, 11) is 0. The Morgan fingerprint density at radius 1 is 0.395 bits per heavy atom. The van der Waals surface area contributed by atoms with Gasteiger partial charge in [0.2, 0.25) is 0 Å². The molecule has 0 saturated carbocycles. The van der Waals surface area contributed by atoms with Crippen LogP contribution in [0.5, 0.6) is 0 Å². The van der Waals surface area contributed by atoms with E-state index in [1.54, 1.807) is 0 Å². The largest absolute Gasteiger partial charge is 0.455 e. The standard InChI is InChI=1S/C42H26O/c1-2-13-28(14-3-1)39-32-16-6-8-18-34(32)40(35-19-9-7-17-33(35)39)36-21-11-23-38-41(36)37-22-10-20-31(42(37)43-38)30-25-24-27-12-4-5-15-29(27)26-30/h1-26H/i1D,2D,3D,4D,5D,6D,7D,8D,9D,10D,11D,12D,13D,14D,15D,16D,17D,18D,19D,20D,21D,22D,23D,24D,25D,26D. The number of rotatable bonds is 3. The van der Waals surface area contributed by atoms with Crippen LogP contribution < -0.4 is 0 Å². The van der Waals surface area contributed by atoms with Crippen LogP contribution in [0.1, 0.15) is 35.6 Å². The molecule has 43 heavy (non-hydrogen) atoms. The Morgan fingerprint density at radius 3 is 1.72 bits per heavy atom. The van der Waals surface area contributed by atoms with E-state index in [0.29, 0.717) is 0 Å². The van der Waals surface area contributed by atoms with Gasteiger partial charge in [-0.05, 0) is 72.2 Å². The molecule has 1 aromatic heterocycles. The minimum absolute atomic E-state index is 0.524. The van der Waals surface area contributed by atoms with E-state index >= 15 is 0 Å². The molecule has 0 aliphatic heterocycles. The molecule has 8 aromatic carbocycles. The van der Waals surface area contributed by atoms with Crippen molar-refractivity contribution < 1.29 is 40.1 Å². The maximum Gasteiger partial charge on any atom is 0.143 e. The second-order valence-corrected chi connectivity index (χ2v) is 9.26. The Balaban J connectivity index is 1.63. The molecule has 0 unspecified atom stereocenters. The summed E-state index contributed by atoms with van der Waals surface area (Å²) in [6.07, 6.45) is 0. The minimum atomic E-state index is -0.979. The van der Waals surface area contributed by atoms with Crippen molar-refractivity contribution in [3.8, 4) is 33.4 Å². The van der Waals surface area contributed by atoms with Crippen molar-refractivity contribution in [2.45, 2.75) is 0 Å². The van der Waals surface area contributed by atoms with Crippen molar-refractivity contribution in [3.63, 3.8) is 0 Å². The first kappa shape index (κ1) is 9.69. The Morgan fingerprint density at radius 2 is 0.977 bits per heavy atom. The molecular weight excluding hydrogens is 520 g/mol. The van der Waals surface area contributed by atoms with Crippen LogP contribution in [0, 0.1) is 0 Å². The summed E-state index contributed by atoms with van der Waals surface area (Å²) in [5, 5.41) is -5.03. The van der Waals surface area contributed by atoms with Crippen LogP contribution in [0.15, 0.2) is 162 Å². The number of hydrogen-bond donors (Lipinski definition) is 0. The van der Waals surface area contributed by atoms with Gasteiger partial charge < -0.3 is 4.42 Å². The van der Waals surface area contributed by atoms with Crippen LogP contribution in [0.3, 0.4) is 0 Å². The molecule has 0 spiro atoms. The first-order chi connectivity index (χ1) is 32.2. The number of fused-ring (bicyclic) bond motifs is 6. The lowest BCUT2D eigenvalue weighted by Crippen LogP contribution is -1.91. The van der Waals surface area contributed by atoms with Crippen LogP contribution in [-0.2, 0) is 0 Å². The smallest absolute Gasteiger partial charge is 0.143 e. The van der Waals surface area contributed by atoms with Gasteiger partial charge in [0.15, 0.2) is 0 Å². The maximum absolute atomic E-state index is 9.51. The number of benzene rings is 8. The van der Waals surface area contributed by atoms with Crippen LogP contribution in [0.25, 0.3) is 87.6 Å². The van der Waals surface area contributed by atoms with Gasteiger partial charge in [0.1, 0.15) is 11.2 Å². The zero-order valence-electron chi connectivity index (χ0n) is 47.4. The van der Waals surface area contributed by atoms with Gasteiger partial charge in [0.25, 0.3) is 0 Å². The topological polar surface area (TPSA) is 13.1 Å². The van der Waals surface area contributed by atoms with E-state index in [4.69, 9.17) is 30.5 Å². The summed E-state index contributed by atoms with van der Waals surface area (Å²) in [5.41, 5.74) is -5.57. The summed E-state index contributed by atoms with van der Waals surface area (Å²) in [6, 6.07) is -23.6. The van der Waals surface area contributed by atoms with E-state index < -0.39 is 245 Å². The molecule has 1 nitrogen and oxygen atoms in total. The third-order valence-corrected chi connectivity index (χ3v) is 7.00.